The summed E-state index contributed by atoms with van der Waals surface area (Å²) in [5.41, 5.74) is 6.27. The van der Waals surface area contributed by atoms with Gasteiger partial charge in [-0.05, 0) is 36.1 Å². The average molecular weight is 290 g/mol. The van der Waals surface area contributed by atoms with Crippen molar-refractivity contribution in [2.45, 2.75) is 26.1 Å². The van der Waals surface area contributed by atoms with Crippen LogP contribution < -0.4 is 15.8 Å². The molecule has 0 aliphatic rings. The van der Waals surface area contributed by atoms with Gasteiger partial charge < -0.3 is 15.8 Å². The Balaban J connectivity index is 1.82. The maximum absolute atomic E-state index is 10.9. The molecule has 1 heterocycles. The van der Waals surface area contributed by atoms with Crippen molar-refractivity contribution >= 4 is 17.2 Å². The summed E-state index contributed by atoms with van der Waals surface area (Å²) in [7, 11) is 0. The number of hydrogen-bond donors (Lipinski definition) is 2. The molecule has 106 valence electrons. The van der Waals surface area contributed by atoms with Gasteiger partial charge in [-0.25, -0.2) is 0 Å². The van der Waals surface area contributed by atoms with E-state index in [1.54, 1.807) is 18.3 Å². The quantitative estimate of drug-likeness (QED) is 0.822. The molecule has 3 N–H and O–H groups in total. The van der Waals surface area contributed by atoms with Gasteiger partial charge in [0, 0.05) is 11.4 Å². The molecule has 0 saturated carbocycles. The van der Waals surface area contributed by atoms with Gasteiger partial charge in [0.2, 0.25) is 5.91 Å². The minimum Gasteiger partial charge on any atom is -0.488 e. The molecule has 20 heavy (non-hydrogen) atoms. The van der Waals surface area contributed by atoms with Crippen molar-refractivity contribution in [2.75, 3.05) is 0 Å². The molecule has 0 spiro atoms. The lowest BCUT2D eigenvalue weighted by Gasteiger charge is -2.10. The van der Waals surface area contributed by atoms with Crippen LogP contribution in [0.25, 0.3) is 0 Å². The van der Waals surface area contributed by atoms with Crippen molar-refractivity contribution in [3.63, 3.8) is 0 Å². The normalized spacial score (nSPS) is 12.1. The van der Waals surface area contributed by atoms with E-state index >= 15 is 0 Å². The van der Waals surface area contributed by atoms with Crippen LogP contribution in [0.5, 0.6) is 5.75 Å². The number of benzene rings is 1. The molecule has 1 amide bonds. The molecule has 0 unspecified atom stereocenters. The summed E-state index contributed by atoms with van der Waals surface area (Å²) < 4.78 is 5.69. The predicted molar refractivity (Wildman–Crippen MR) is 80.6 cm³/mol. The van der Waals surface area contributed by atoms with Crippen molar-refractivity contribution < 1.29 is 9.53 Å². The fraction of sp³-hybridized carbons (Fsp3) is 0.267. The second kappa shape index (κ2) is 7.07. The predicted octanol–water partition coefficient (Wildman–Crippen LogP) is 2.29. The molecular formula is C15H18N2O2S. The highest BCUT2D eigenvalue weighted by atomic mass is 32.1. The molecule has 5 heteroatoms. The second-order valence-corrected chi connectivity index (χ2v) is 5.55. The minimum absolute atomic E-state index is 0.329. The SMILES string of the molecule is C[C@@H](NCc1ccc(OCc2cccs2)cc1)C(N)=O. The van der Waals surface area contributed by atoms with Crippen LogP contribution in [0.15, 0.2) is 41.8 Å². The molecule has 2 aromatic rings. The smallest absolute Gasteiger partial charge is 0.234 e. The molecule has 1 aromatic carbocycles. The highest BCUT2D eigenvalue weighted by molar-refractivity contribution is 7.09. The number of carbonyl (C=O) groups is 1. The number of nitrogens with one attached hydrogen (secondary N) is 1. The third-order valence-corrected chi connectivity index (χ3v) is 3.77. The standard InChI is InChI=1S/C15H18N2O2S/c1-11(15(16)18)17-9-12-4-6-13(7-5-12)19-10-14-3-2-8-20-14/h2-8,11,17H,9-10H2,1H3,(H2,16,18)/t11-/m1/s1. The largest absolute Gasteiger partial charge is 0.488 e. The van der Waals surface area contributed by atoms with Crippen molar-refractivity contribution in [3.8, 4) is 5.75 Å². The van der Waals surface area contributed by atoms with E-state index in [1.807, 2.05) is 41.8 Å². The highest BCUT2D eigenvalue weighted by Crippen LogP contribution is 2.16. The monoisotopic (exact) mass is 290 g/mol. The van der Waals surface area contributed by atoms with Gasteiger partial charge in [0.1, 0.15) is 12.4 Å². The van der Waals surface area contributed by atoms with E-state index in [0.717, 1.165) is 11.3 Å². The van der Waals surface area contributed by atoms with Crippen LogP contribution in [-0.2, 0) is 17.9 Å². The summed E-state index contributed by atoms with van der Waals surface area (Å²) in [6.45, 7) is 2.95. The molecule has 0 saturated heterocycles. The van der Waals surface area contributed by atoms with Crippen molar-refractivity contribution in [2.24, 2.45) is 5.73 Å². The van der Waals surface area contributed by atoms with Crippen LogP contribution in [0, 0.1) is 0 Å². The van der Waals surface area contributed by atoms with Gasteiger partial charge in [0.05, 0.1) is 6.04 Å². The van der Waals surface area contributed by atoms with Crippen LogP contribution in [0.3, 0.4) is 0 Å². The first kappa shape index (κ1) is 14.6. The molecule has 0 fully saturated rings. The van der Waals surface area contributed by atoms with Gasteiger partial charge in [-0.2, -0.15) is 0 Å². The number of thiophene rings is 1. The third-order valence-electron chi connectivity index (χ3n) is 2.92. The number of carbonyl (C=O) groups excluding carboxylic acids is 1. The lowest BCUT2D eigenvalue weighted by Crippen LogP contribution is -2.38. The lowest BCUT2D eigenvalue weighted by molar-refractivity contribution is -0.119. The summed E-state index contributed by atoms with van der Waals surface area (Å²) in [5.74, 6) is 0.492. The van der Waals surface area contributed by atoms with Crippen molar-refractivity contribution in [3.05, 3.63) is 52.2 Å². The number of nitrogens with two attached hydrogens (primary N) is 1. The van der Waals surface area contributed by atoms with Gasteiger partial charge in [-0.1, -0.05) is 18.2 Å². The zero-order valence-corrected chi connectivity index (χ0v) is 12.2. The first-order valence-electron chi connectivity index (χ1n) is 6.42. The third kappa shape index (κ3) is 4.36. The molecular weight excluding hydrogens is 272 g/mol. The Hall–Kier alpha value is -1.85. The molecule has 1 atom stereocenters. The summed E-state index contributed by atoms with van der Waals surface area (Å²) in [6, 6.07) is 11.5. The zero-order valence-electron chi connectivity index (χ0n) is 11.3. The van der Waals surface area contributed by atoms with E-state index in [-0.39, 0.29) is 11.9 Å². The average Bonchev–Trinajstić information content (AvgIpc) is 2.96. The molecule has 0 bridgehead atoms. The van der Waals surface area contributed by atoms with Crippen LogP contribution in [-0.4, -0.2) is 11.9 Å². The number of primary amides is 1. The molecule has 2 rings (SSSR count). The van der Waals surface area contributed by atoms with E-state index in [0.29, 0.717) is 13.2 Å². The van der Waals surface area contributed by atoms with Gasteiger partial charge in [-0.15, -0.1) is 11.3 Å². The lowest BCUT2D eigenvalue weighted by atomic mass is 10.2. The topological polar surface area (TPSA) is 64.3 Å². The zero-order chi connectivity index (χ0) is 14.4. The maximum Gasteiger partial charge on any atom is 0.234 e. The summed E-state index contributed by atoms with van der Waals surface area (Å²) in [5, 5.41) is 5.09. The van der Waals surface area contributed by atoms with Crippen LogP contribution in [0.1, 0.15) is 17.4 Å². The summed E-state index contributed by atoms with van der Waals surface area (Å²) in [4.78, 5) is 12.1. The van der Waals surface area contributed by atoms with E-state index < -0.39 is 0 Å². The fourth-order valence-corrected chi connectivity index (χ4v) is 2.24. The van der Waals surface area contributed by atoms with E-state index in [9.17, 15) is 4.79 Å². The van der Waals surface area contributed by atoms with Gasteiger partial charge in [-0.3, -0.25) is 4.79 Å². The molecule has 0 aliphatic heterocycles. The molecule has 0 aliphatic carbocycles. The number of amides is 1. The second-order valence-electron chi connectivity index (χ2n) is 4.52. The molecule has 1 aromatic heterocycles. The van der Waals surface area contributed by atoms with Gasteiger partial charge >= 0.3 is 0 Å². The first-order chi connectivity index (χ1) is 9.65. The molecule has 0 radical (unpaired) electrons. The Morgan fingerprint density at radius 1 is 1.35 bits per heavy atom. The van der Waals surface area contributed by atoms with Crippen molar-refractivity contribution in [1.29, 1.82) is 0 Å². The van der Waals surface area contributed by atoms with Gasteiger partial charge in [0.25, 0.3) is 0 Å². The number of rotatable bonds is 7. The summed E-state index contributed by atoms with van der Waals surface area (Å²) in [6.07, 6.45) is 0. The Morgan fingerprint density at radius 2 is 2.10 bits per heavy atom. The Kier molecular flexibility index (Phi) is 5.15. The van der Waals surface area contributed by atoms with Crippen LogP contribution >= 0.6 is 11.3 Å². The first-order valence-corrected chi connectivity index (χ1v) is 7.30. The number of hydrogen-bond acceptors (Lipinski definition) is 4. The Bertz CT molecular complexity index is 538. The maximum atomic E-state index is 10.9. The van der Waals surface area contributed by atoms with Crippen LogP contribution in [0.2, 0.25) is 0 Å². The Labute approximate surface area is 122 Å². The summed E-state index contributed by atoms with van der Waals surface area (Å²) >= 11 is 1.68. The van der Waals surface area contributed by atoms with E-state index in [2.05, 4.69) is 5.32 Å². The van der Waals surface area contributed by atoms with E-state index in [4.69, 9.17) is 10.5 Å². The number of ether oxygens (including phenoxy) is 1. The fourth-order valence-electron chi connectivity index (χ4n) is 1.62. The highest BCUT2D eigenvalue weighted by Gasteiger charge is 2.06. The molecule has 4 nitrogen and oxygen atoms in total. The van der Waals surface area contributed by atoms with Crippen LogP contribution in [0.4, 0.5) is 0 Å². The van der Waals surface area contributed by atoms with Gasteiger partial charge in [0.15, 0.2) is 0 Å². The van der Waals surface area contributed by atoms with Crippen molar-refractivity contribution in [1.82, 2.24) is 5.32 Å². The van der Waals surface area contributed by atoms with E-state index in [1.165, 1.54) is 4.88 Å². The minimum atomic E-state index is -0.346. The Morgan fingerprint density at radius 3 is 2.70 bits per heavy atom.